The molecule has 0 amide bonds. The van der Waals surface area contributed by atoms with Gasteiger partial charge in [-0.2, -0.15) is 12.1 Å². The van der Waals surface area contributed by atoms with E-state index in [1.54, 1.807) is 0 Å². The maximum Gasteiger partial charge on any atom is 0.256 e. The van der Waals surface area contributed by atoms with Crippen LogP contribution in [0, 0.1) is 11.9 Å². The molecule has 0 atom stereocenters. The van der Waals surface area contributed by atoms with Crippen LogP contribution in [0.15, 0.2) is 33.5 Å². The molecule has 2 aromatic rings. The van der Waals surface area contributed by atoms with Crippen LogP contribution in [-0.2, 0) is 39.3 Å². The van der Waals surface area contributed by atoms with Gasteiger partial charge in [-0.05, 0) is 21.1 Å². The van der Waals surface area contributed by atoms with E-state index < -0.39 is 24.3 Å². The summed E-state index contributed by atoms with van der Waals surface area (Å²) in [6.07, 6.45) is -2.76. The number of alkyl halides is 2. The topological polar surface area (TPSA) is 22.0 Å². The molecule has 1 heterocycles. The van der Waals surface area contributed by atoms with Gasteiger partial charge in [-0.3, -0.25) is 4.79 Å². The van der Waals surface area contributed by atoms with Gasteiger partial charge in [-0.15, -0.1) is 15.9 Å². The molecule has 1 aromatic heterocycles. The molecule has 109 valence electrons. The second kappa shape index (κ2) is 7.90. The first-order chi connectivity index (χ1) is 9.41. The fourth-order valence-electron chi connectivity index (χ4n) is 1.75. The summed E-state index contributed by atoms with van der Waals surface area (Å²) in [5.74, 6) is -0.710. The van der Waals surface area contributed by atoms with Gasteiger partial charge in [-0.25, -0.2) is 13.2 Å². The molecule has 0 bridgehead atoms. The van der Waals surface area contributed by atoms with Crippen molar-refractivity contribution in [3.05, 3.63) is 56.0 Å². The molecular formula is C13H7BrClF3NOY-. The fraction of sp³-hybridized carbons (Fsp3) is 0.154. The fourth-order valence-corrected chi connectivity index (χ4v) is 2.33. The molecule has 0 fully saturated rings. The molecule has 0 aliphatic heterocycles. The zero-order chi connectivity index (χ0) is 14.9. The zero-order valence-corrected chi connectivity index (χ0v) is 15.6. The SMILES string of the molecule is O=c1c(Br)c[c-]c(-c2c(F)cccc2Cl)n1CC(F)F.[Y]. The van der Waals surface area contributed by atoms with E-state index in [1.165, 1.54) is 18.2 Å². The normalized spacial score (nSPS) is 10.6. The molecule has 1 radical (unpaired) electrons. The number of hydrogen-bond acceptors (Lipinski definition) is 1. The minimum atomic E-state index is -2.76. The van der Waals surface area contributed by atoms with Gasteiger partial charge in [0.25, 0.3) is 6.43 Å². The van der Waals surface area contributed by atoms with Gasteiger partial charge in [0.15, 0.2) is 0 Å². The Kier molecular flexibility index (Phi) is 7.11. The van der Waals surface area contributed by atoms with E-state index in [9.17, 15) is 18.0 Å². The second-order valence-corrected chi connectivity index (χ2v) is 5.15. The maximum absolute atomic E-state index is 13.9. The van der Waals surface area contributed by atoms with Gasteiger partial charge < -0.3 is 4.57 Å². The molecule has 0 saturated heterocycles. The molecule has 0 aliphatic carbocycles. The molecule has 8 heteroatoms. The number of nitrogens with zero attached hydrogens (tertiary/aromatic N) is 1. The minimum absolute atomic E-state index is 0. The summed E-state index contributed by atoms with van der Waals surface area (Å²) in [5, 5.41) is 0.0194. The van der Waals surface area contributed by atoms with E-state index in [0.717, 1.165) is 10.6 Å². The van der Waals surface area contributed by atoms with Crippen LogP contribution in [-0.4, -0.2) is 11.0 Å². The Morgan fingerprint density at radius 2 is 2.05 bits per heavy atom. The first-order valence-electron chi connectivity index (χ1n) is 5.45. The van der Waals surface area contributed by atoms with Crippen LogP contribution in [0.5, 0.6) is 0 Å². The molecule has 0 N–H and O–H groups in total. The molecular weight excluding hydrogens is 447 g/mol. The van der Waals surface area contributed by atoms with Gasteiger partial charge in [0, 0.05) is 32.7 Å². The van der Waals surface area contributed by atoms with Crippen LogP contribution in [0.4, 0.5) is 13.2 Å². The Hall–Kier alpha value is -0.166. The average molecular weight is 454 g/mol. The van der Waals surface area contributed by atoms with E-state index in [0.29, 0.717) is 0 Å². The standard InChI is InChI=1S/C13H7BrClF3NO.Y/c14-7-4-5-10(19(13(7)20)6-11(17)18)12-8(15)2-1-3-9(12)16;/h1-4,11H,6H2;/q-1;. The van der Waals surface area contributed by atoms with E-state index >= 15 is 0 Å². The number of aromatic nitrogens is 1. The summed E-state index contributed by atoms with van der Waals surface area (Å²) in [5.41, 5.74) is -0.931. The molecule has 0 spiro atoms. The summed E-state index contributed by atoms with van der Waals surface area (Å²) in [4.78, 5) is 11.9. The number of halogens is 5. The molecule has 21 heavy (non-hydrogen) atoms. The summed E-state index contributed by atoms with van der Waals surface area (Å²) < 4.78 is 39.9. The predicted molar refractivity (Wildman–Crippen MR) is 73.6 cm³/mol. The van der Waals surface area contributed by atoms with Crippen LogP contribution >= 0.6 is 27.5 Å². The Bertz CT molecular complexity index is 688. The maximum atomic E-state index is 13.9. The number of rotatable bonds is 3. The van der Waals surface area contributed by atoms with Crippen LogP contribution in [0.3, 0.4) is 0 Å². The Morgan fingerprint density at radius 1 is 1.38 bits per heavy atom. The summed E-state index contributed by atoms with van der Waals surface area (Å²) in [6, 6.07) is 7.79. The van der Waals surface area contributed by atoms with Gasteiger partial charge >= 0.3 is 0 Å². The Labute approximate surface area is 157 Å². The monoisotopic (exact) mass is 453 g/mol. The number of benzene rings is 1. The molecule has 0 aliphatic rings. The van der Waals surface area contributed by atoms with E-state index in [4.69, 9.17) is 11.6 Å². The molecule has 0 saturated carbocycles. The number of hydrogen-bond donors (Lipinski definition) is 0. The Morgan fingerprint density at radius 3 is 2.62 bits per heavy atom. The van der Waals surface area contributed by atoms with Crippen LogP contribution in [0.2, 0.25) is 5.02 Å². The third-order valence-corrected chi connectivity index (χ3v) is 3.46. The van der Waals surface area contributed by atoms with Crippen LogP contribution in [0.25, 0.3) is 11.3 Å². The van der Waals surface area contributed by atoms with Crippen molar-refractivity contribution >= 4 is 27.5 Å². The van der Waals surface area contributed by atoms with Crippen molar-refractivity contribution in [3.8, 4) is 11.3 Å². The van der Waals surface area contributed by atoms with E-state index in [2.05, 4.69) is 22.0 Å². The molecule has 2 rings (SSSR count). The van der Waals surface area contributed by atoms with Crippen molar-refractivity contribution in [1.29, 1.82) is 0 Å². The van der Waals surface area contributed by atoms with Crippen LogP contribution in [0.1, 0.15) is 0 Å². The van der Waals surface area contributed by atoms with Crippen LogP contribution < -0.4 is 5.56 Å². The zero-order valence-electron chi connectivity index (χ0n) is 10.4. The predicted octanol–water partition coefficient (Wildman–Crippen LogP) is 4.13. The molecule has 1 aromatic carbocycles. The van der Waals surface area contributed by atoms with Gasteiger partial charge in [0.2, 0.25) is 5.56 Å². The van der Waals surface area contributed by atoms with Gasteiger partial charge in [0.05, 0.1) is 12.4 Å². The van der Waals surface area contributed by atoms with Crippen molar-refractivity contribution in [2.45, 2.75) is 13.0 Å². The van der Waals surface area contributed by atoms with Crippen molar-refractivity contribution in [3.63, 3.8) is 0 Å². The summed E-state index contributed by atoms with van der Waals surface area (Å²) in [7, 11) is 0. The van der Waals surface area contributed by atoms with Crippen molar-refractivity contribution in [2.24, 2.45) is 0 Å². The molecule has 0 unspecified atom stereocenters. The first kappa shape index (κ1) is 18.9. The molecule has 2 nitrogen and oxygen atoms in total. The third-order valence-electron chi connectivity index (χ3n) is 2.58. The van der Waals surface area contributed by atoms with Crippen molar-refractivity contribution in [1.82, 2.24) is 4.57 Å². The number of pyridine rings is 1. The van der Waals surface area contributed by atoms with Gasteiger partial charge in [-0.1, -0.05) is 29.4 Å². The quantitative estimate of drug-likeness (QED) is 0.640. The largest absolute Gasteiger partial charge is 0.336 e. The summed E-state index contributed by atoms with van der Waals surface area (Å²) in [6.45, 7) is -0.866. The van der Waals surface area contributed by atoms with E-state index in [1.807, 2.05) is 0 Å². The van der Waals surface area contributed by atoms with Crippen molar-refractivity contribution < 1.29 is 45.9 Å². The smallest absolute Gasteiger partial charge is 0.256 e. The van der Waals surface area contributed by atoms with Gasteiger partial charge in [0.1, 0.15) is 0 Å². The van der Waals surface area contributed by atoms with Crippen molar-refractivity contribution in [2.75, 3.05) is 0 Å². The van der Waals surface area contributed by atoms with E-state index in [-0.39, 0.29) is 53.5 Å². The first-order valence-corrected chi connectivity index (χ1v) is 6.62. The second-order valence-electron chi connectivity index (χ2n) is 3.89. The Balaban J connectivity index is 0.00000220. The average Bonchev–Trinajstić information content (AvgIpc) is 2.37. The minimum Gasteiger partial charge on any atom is -0.336 e. The third kappa shape index (κ3) is 4.18. The summed E-state index contributed by atoms with van der Waals surface area (Å²) >= 11 is 8.83.